The van der Waals surface area contributed by atoms with Crippen molar-refractivity contribution in [3.05, 3.63) is 30.1 Å². The number of hydrogen-bond donors (Lipinski definition) is 1. The van der Waals surface area contributed by atoms with E-state index in [9.17, 15) is 18.0 Å². The Labute approximate surface area is 160 Å². The molecule has 1 saturated heterocycles. The van der Waals surface area contributed by atoms with Crippen molar-refractivity contribution in [3.8, 4) is 0 Å². The summed E-state index contributed by atoms with van der Waals surface area (Å²) in [5.74, 6) is -0.302. The predicted octanol–water partition coefficient (Wildman–Crippen LogP) is 1.55. The molecule has 0 unspecified atom stereocenters. The molecule has 0 radical (unpaired) electrons. The average Bonchev–Trinajstić information content (AvgIpc) is 3.23. The van der Waals surface area contributed by atoms with E-state index in [0.29, 0.717) is 31.5 Å². The van der Waals surface area contributed by atoms with E-state index < -0.39 is 9.84 Å². The average molecular weight is 394 g/mol. The smallest absolute Gasteiger partial charge is 0.253 e. The zero-order chi connectivity index (χ0) is 19.3. The first kappa shape index (κ1) is 19.8. The molecule has 2 amide bonds. The van der Waals surface area contributed by atoms with E-state index in [0.717, 1.165) is 25.7 Å². The van der Waals surface area contributed by atoms with Crippen LogP contribution in [0, 0.1) is 0 Å². The quantitative estimate of drug-likeness (QED) is 0.791. The van der Waals surface area contributed by atoms with E-state index >= 15 is 0 Å². The number of carbonyl (C=O) groups is 2. The Morgan fingerprint density at radius 2 is 1.70 bits per heavy atom. The van der Waals surface area contributed by atoms with E-state index in [-0.39, 0.29) is 35.3 Å². The molecule has 8 heteroatoms. The Kier molecular flexibility index (Phi) is 6.46. The molecule has 0 atom stereocenters. The van der Waals surface area contributed by atoms with Crippen LogP contribution in [-0.2, 0) is 14.6 Å². The van der Waals surface area contributed by atoms with Gasteiger partial charge in [0.05, 0.1) is 11.0 Å². The summed E-state index contributed by atoms with van der Waals surface area (Å²) >= 11 is 0. The Bertz CT molecular complexity index is 752. The summed E-state index contributed by atoms with van der Waals surface area (Å²) in [5.41, 5.74) is 0.615. The van der Waals surface area contributed by atoms with Crippen LogP contribution in [0.1, 0.15) is 55.3 Å². The molecule has 1 saturated carbocycles. The zero-order valence-corrected chi connectivity index (χ0v) is 16.3. The molecule has 2 fully saturated rings. The highest BCUT2D eigenvalue weighted by Gasteiger charge is 2.29. The summed E-state index contributed by atoms with van der Waals surface area (Å²) < 4.78 is 24.5. The van der Waals surface area contributed by atoms with Gasteiger partial charge in [-0.2, -0.15) is 0 Å². The summed E-state index contributed by atoms with van der Waals surface area (Å²) in [6, 6.07) is 3.38. The van der Waals surface area contributed by atoms with Crippen LogP contribution in [0.2, 0.25) is 0 Å². The van der Waals surface area contributed by atoms with Gasteiger partial charge >= 0.3 is 0 Å². The van der Waals surface area contributed by atoms with Crippen LogP contribution in [0.5, 0.6) is 0 Å². The van der Waals surface area contributed by atoms with Crippen molar-refractivity contribution < 1.29 is 18.0 Å². The molecule has 2 heterocycles. The van der Waals surface area contributed by atoms with Gasteiger partial charge in [-0.05, 0) is 37.8 Å². The lowest BCUT2D eigenvalue weighted by Crippen LogP contribution is -2.46. The molecule has 2 aliphatic rings. The number of hydrogen-bond acceptors (Lipinski definition) is 5. The maximum atomic E-state index is 12.4. The van der Waals surface area contributed by atoms with Crippen LogP contribution >= 0.6 is 0 Å². The first-order chi connectivity index (χ1) is 13.0. The summed E-state index contributed by atoms with van der Waals surface area (Å²) in [6.07, 6.45) is 7.96. The van der Waals surface area contributed by atoms with Crippen molar-refractivity contribution in [3.63, 3.8) is 0 Å². The molecule has 1 aliphatic carbocycles. The fraction of sp³-hybridized carbons (Fsp3) is 0.632. The monoisotopic (exact) mass is 393 g/mol. The summed E-state index contributed by atoms with van der Waals surface area (Å²) in [5, 5.41) is 2.67. The minimum atomic E-state index is -3.17. The van der Waals surface area contributed by atoms with Crippen LogP contribution < -0.4 is 5.32 Å². The lowest BCUT2D eigenvalue weighted by atomic mass is 10.0. The van der Waals surface area contributed by atoms with Gasteiger partial charge in [-0.1, -0.05) is 12.8 Å². The zero-order valence-electron chi connectivity index (χ0n) is 15.5. The van der Waals surface area contributed by atoms with Gasteiger partial charge in [0, 0.05) is 43.5 Å². The first-order valence-electron chi connectivity index (χ1n) is 9.66. The molecular weight excluding hydrogens is 366 g/mol. The molecular formula is C19H27N3O4S. The minimum Gasteiger partial charge on any atom is -0.353 e. The van der Waals surface area contributed by atoms with Gasteiger partial charge in [0.1, 0.15) is 0 Å². The molecule has 3 rings (SSSR count). The molecule has 1 aliphatic heterocycles. The Morgan fingerprint density at radius 1 is 1.07 bits per heavy atom. The maximum absolute atomic E-state index is 12.4. The molecule has 0 bridgehead atoms. The second-order valence-electron chi connectivity index (χ2n) is 7.39. The Morgan fingerprint density at radius 3 is 2.33 bits per heavy atom. The van der Waals surface area contributed by atoms with Gasteiger partial charge in [-0.15, -0.1) is 0 Å². The first-order valence-corrected chi connectivity index (χ1v) is 11.4. The summed E-state index contributed by atoms with van der Waals surface area (Å²) in [6.45, 7) is 1.15. The van der Waals surface area contributed by atoms with Gasteiger partial charge in [-0.25, -0.2) is 8.42 Å². The fourth-order valence-electron chi connectivity index (χ4n) is 3.85. The fourth-order valence-corrected chi connectivity index (χ4v) is 5.71. The SMILES string of the molecule is O=C(CCS(=O)(=O)C1CCCC1)NC1CCN(C(=O)c2ccncc2)CC1. The van der Waals surface area contributed by atoms with Crippen LogP contribution in [0.4, 0.5) is 0 Å². The number of nitrogens with zero attached hydrogens (tertiary/aromatic N) is 2. The lowest BCUT2D eigenvalue weighted by Gasteiger charge is -2.32. The number of likely N-dealkylation sites (tertiary alicyclic amines) is 1. The number of pyridine rings is 1. The van der Waals surface area contributed by atoms with Crippen molar-refractivity contribution >= 4 is 21.7 Å². The maximum Gasteiger partial charge on any atom is 0.253 e. The van der Waals surface area contributed by atoms with Gasteiger partial charge in [0.15, 0.2) is 9.84 Å². The number of rotatable bonds is 6. The van der Waals surface area contributed by atoms with Crippen LogP contribution in [0.3, 0.4) is 0 Å². The van der Waals surface area contributed by atoms with Crippen molar-refractivity contribution in [2.24, 2.45) is 0 Å². The molecule has 148 valence electrons. The molecule has 0 aromatic carbocycles. The Hall–Kier alpha value is -1.96. The van der Waals surface area contributed by atoms with Crippen LogP contribution in [0.25, 0.3) is 0 Å². The molecule has 27 heavy (non-hydrogen) atoms. The van der Waals surface area contributed by atoms with Gasteiger partial charge in [0.25, 0.3) is 5.91 Å². The number of aromatic nitrogens is 1. The normalized spacial score (nSPS) is 19.2. The molecule has 1 N–H and O–H groups in total. The van der Waals surface area contributed by atoms with E-state index in [1.165, 1.54) is 0 Å². The molecule has 1 aromatic rings. The topological polar surface area (TPSA) is 96.4 Å². The van der Waals surface area contributed by atoms with Crippen molar-refractivity contribution in [1.82, 2.24) is 15.2 Å². The Balaban J connectivity index is 1.41. The highest BCUT2D eigenvalue weighted by molar-refractivity contribution is 7.92. The van der Waals surface area contributed by atoms with Gasteiger partial charge < -0.3 is 10.2 Å². The lowest BCUT2D eigenvalue weighted by molar-refractivity contribution is -0.121. The molecule has 1 aromatic heterocycles. The third kappa shape index (κ3) is 5.28. The highest BCUT2D eigenvalue weighted by Crippen LogP contribution is 2.25. The summed E-state index contributed by atoms with van der Waals surface area (Å²) in [4.78, 5) is 30.3. The van der Waals surface area contributed by atoms with E-state index in [4.69, 9.17) is 0 Å². The van der Waals surface area contributed by atoms with Crippen LogP contribution in [-0.4, -0.2) is 60.3 Å². The number of piperidine rings is 1. The van der Waals surface area contributed by atoms with Crippen molar-refractivity contribution in [2.45, 2.75) is 56.2 Å². The molecule has 0 spiro atoms. The molecule has 7 nitrogen and oxygen atoms in total. The number of nitrogens with one attached hydrogen (secondary N) is 1. The predicted molar refractivity (Wildman–Crippen MR) is 102 cm³/mol. The van der Waals surface area contributed by atoms with Gasteiger partial charge in [0.2, 0.25) is 5.91 Å². The largest absolute Gasteiger partial charge is 0.353 e. The number of sulfone groups is 1. The van der Waals surface area contributed by atoms with Crippen molar-refractivity contribution in [2.75, 3.05) is 18.8 Å². The number of amides is 2. The van der Waals surface area contributed by atoms with Crippen molar-refractivity contribution in [1.29, 1.82) is 0 Å². The van der Waals surface area contributed by atoms with Gasteiger partial charge in [-0.3, -0.25) is 14.6 Å². The highest BCUT2D eigenvalue weighted by atomic mass is 32.2. The minimum absolute atomic E-state index is 0.00632. The third-order valence-electron chi connectivity index (χ3n) is 5.50. The van der Waals surface area contributed by atoms with E-state index in [1.54, 1.807) is 29.4 Å². The standard InChI is InChI=1S/C19H27N3O4S/c23-18(9-14-27(25,26)17-3-1-2-4-17)21-16-7-12-22(13-8-16)19(24)15-5-10-20-11-6-15/h5-6,10-11,16-17H,1-4,7-9,12-14H2,(H,21,23). The van der Waals surface area contributed by atoms with E-state index in [2.05, 4.69) is 10.3 Å². The van der Waals surface area contributed by atoms with Crippen LogP contribution in [0.15, 0.2) is 24.5 Å². The third-order valence-corrected chi connectivity index (χ3v) is 7.76. The number of carbonyl (C=O) groups excluding carboxylic acids is 2. The second-order valence-corrected chi connectivity index (χ2v) is 9.79. The van der Waals surface area contributed by atoms with E-state index in [1.807, 2.05) is 0 Å². The second kappa shape index (κ2) is 8.82. The summed E-state index contributed by atoms with van der Waals surface area (Å²) in [7, 11) is -3.17.